The van der Waals surface area contributed by atoms with Gasteiger partial charge < -0.3 is 20.1 Å². The Kier molecular flexibility index (Phi) is 11.4. The lowest BCUT2D eigenvalue weighted by molar-refractivity contribution is 0.287. The Labute approximate surface area is 184 Å². The second-order valence-electron chi connectivity index (χ2n) is 6.10. The summed E-state index contributed by atoms with van der Waals surface area (Å²) in [7, 11) is 1.78. The summed E-state index contributed by atoms with van der Waals surface area (Å²) in [6.07, 6.45) is 4.76. The van der Waals surface area contributed by atoms with Crippen LogP contribution in [0.5, 0.6) is 11.5 Å². The minimum absolute atomic E-state index is 0. The maximum absolute atomic E-state index is 5.69. The van der Waals surface area contributed by atoms with E-state index in [-0.39, 0.29) is 24.0 Å². The van der Waals surface area contributed by atoms with Crippen LogP contribution in [0.25, 0.3) is 0 Å². The van der Waals surface area contributed by atoms with Crippen LogP contribution in [0.1, 0.15) is 25.0 Å². The molecular weight excluding hydrogens is 469 g/mol. The molecule has 0 spiro atoms. The highest BCUT2D eigenvalue weighted by Gasteiger charge is 2.06. The molecule has 0 aliphatic rings. The maximum atomic E-state index is 5.69. The normalized spacial score (nSPS) is 10.9. The molecule has 1 aromatic carbocycles. The number of nitrogens with zero attached hydrogens (tertiary/aromatic N) is 3. The molecule has 0 aliphatic heterocycles. The summed E-state index contributed by atoms with van der Waals surface area (Å²) < 4.78 is 13.2. The van der Waals surface area contributed by atoms with Gasteiger partial charge in [-0.25, -0.2) is 0 Å². The molecule has 1 aromatic heterocycles. The monoisotopic (exact) mass is 501 g/mol. The molecule has 1 heterocycles. The van der Waals surface area contributed by atoms with Gasteiger partial charge in [-0.2, -0.15) is 5.10 Å². The lowest BCUT2D eigenvalue weighted by atomic mass is 10.1. The van der Waals surface area contributed by atoms with Gasteiger partial charge >= 0.3 is 0 Å². The van der Waals surface area contributed by atoms with Crippen LogP contribution in [0.2, 0.25) is 0 Å². The highest BCUT2D eigenvalue weighted by molar-refractivity contribution is 14.0. The second-order valence-corrected chi connectivity index (χ2v) is 6.10. The Balaban J connectivity index is 0.00000392. The number of aryl methyl sites for hydroxylation is 1. The molecular formula is C20H32IN5O2. The zero-order valence-corrected chi connectivity index (χ0v) is 19.5. The Hall–Kier alpha value is -1.97. The Morgan fingerprint density at radius 3 is 2.46 bits per heavy atom. The first-order chi connectivity index (χ1) is 13.2. The number of nitrogens with one attached hydrogen (secondary N) is 2. The molecule has 2 rings (SSSR count). The molecule has 2 aromatic rings. The van der Waals surface area contributed by atoms with E-state index < -0.39 is 0 Å². The number of hydrogen-bond donors (Lipinski definition) is 2. The fraction of sp³-hybridized carbons (Fsp3) is 0.500. The summed E-state index contributed by atoms with van der Waals surface area (Å²) in [5.41, 5.74) is 2.36. The summed E-state index contributed by atoms with van der Waals surface area (Å²) in [5, 5.41) is 10.9. The first kappa shape index (κ1) is 24.1. The molecule has 0 saturated carbocycles. The van der Waals surface area contributed by atoms with Crippen LogP contribution >= 0.6 is 24.0 Å². The van der Waals surface area contributed by atoms with Crippen molar-refractivity contribution < 1.29 is 9.47 Å². The van der Waals surface area contributed by atoms with Crippen LogP contribution in [-0.2, 0) is 13.0 Å². The van der Waals surface area contributed by atoms with E-state index in [1.54, 1.807) is 7.05 Å². The Bertz CT molecular complexity index is 733. The van der Waals surface area contributed by atoms with Gasteiger partial charge in [-0.15, -0.1) is 24.0 Å². The standard InChI is InChI=1S/C20H31N5O2.HI/c1-5-26-18-8-7-17(13-19(18)27-6-2)9-10-22-20(21-4)23-11-12-25-15-16(3)14-24-25;/h7-8,13-15H,5-6,9-12H2,1-4H3,(H2,21,22,23);1H. The van der Waals surface area contributed by atoms with Crippen LogP contribution in [0.3, 0.4) is 0 Å². The minimum atomic E-state index is 0. The molecule has 0 aliphatic carbocycles. The molecule has 28 heavy (non-hydrogen) atoms. The van der Waals surface area contributed by atoms with E-state index in [1.165, 1.54) is 11.1 Å². The molecule has 0 unspecified atom stereocenters. The predicted molar refractivity (Wildman–Crippen MR) is 124 cm³/mol. The number of aliphatic imine (C=N–C) groups is 1. The minimum Gasteiger partial charge on any atom is -0.490 e. The fourth-order valence-corrected chi connectivity index (χ4v) is 2.67. The Morgan fingerprint density at radius 2 is 1.82 bits per heavy atom. The van der Waals surface area contributed by atoms with Crippen LogP contribution in [-0.4, -0.2) is 49.1 Å². The smallest absolute Gasteiger partial charge is 0.191 e. The third-order valence-electron chi connectivity index (χ3n) is 3.93. The highest BCUT2D eigenvalue weighted by Crippen LogP contribution is 2.28. The molecule has 0 saturated heterocycles. The van der Waals surface area contributed by atoms with Crippen LogP contribution in [0.15, 0.2) is 35.6 Å². The first-order valence-electron chi connectivity index (χ1n) is 9.48. The average Bonchev–Trinajstić information content (AvgIpc) is 3.08. The summed E-state index contributed by atoms with van der Waals surface area (Å²) >= 11 is 0. The quantitative estimate of drug-likeness (QED) is 0.298. The molecule has 7 nitrogen and oxygen atoms in total. The number of benzene rings is 1. The van der Waals surface area contributed by atoms with Crippen molar-refractivity contribution in [1.29, 1.82) is 0 Å². The van der Waals surface area contributed by atoms with Gasteiger partial charge in [0.15, 0.2) is 17.5 Å². The fourth-order valence-electron chi connectivity index (χ4n) is 2.67. The van der Waals surface area contributed by atoms with E-state index in [9.17, 15) is 0 Å². The van der Waals surface area contributed by atoms with Crippen molar-refractivity contribution in [3.8, 4) is 11.5 Å². The molecule has 0 radical (unpaired) electrons. The van der Waals surface area contributed by atoms with Gasteiger partial charge in [-0.1, -0.05) is 6.07 Å². The summed E-state index contributed by atoms with van der Waals surface area (Å²) in [6, 6.07) is 6.10. The van der Waals surface area contributed by atoms with Crippen LogP contribution in [0.4, 0.5) is 0 Å². The molecule has 0 amide bonds. The van der Waals surface area contributed by atoms with Gasteiger partial charge in [0.25, 0.3) is 0 Å². The van der Waals surface area contributed by atoms with Gasteiger partial charge in [0.1, 0.15) is 0 Å². The van der Waals surface area contributed by atoms with Crippen molar-refractivity contribution in [2.75, 3.05) is 33.4 Å². The van der Waals surface area contributed by atoms with E-state index in [4.69, 9.17) is 9.47 Å². The zero-order chi connectivity index (χ0) is 19.5. The van der Waals surface area contributed by atoms with Gasteiger partial charge in [0, 0.05) is 26.3 Å². The number of ether oxygens (including phenoxy) is 2. The lowest BCUT2D eigenvalue weighted by Gasteiger charge is -2.14. The molecule has 156 valence electrons. The summed E-state index contributed by atoms with van der Waals surface area (Å²) in [6.45, 7) is 9.57. The third-order valence-corrected chi connectivity index (χ3v) is 3.93. The SMILES string of the molecule is CCOc1ccc(CCNC(=NC)NCCn2cc(C)cn2)cc1OCC.I. The van der Waals surface area contributed by atoms with Gasteiger partial charge in [-0.3, -0.25) is 9.67 Å². The van der Waals surface area contributed by atoms with E-state index in [0.717, 1.165) is 43.5 Å². The molecule has 2 N–H and O–H groups in total. The van der Waals surface area contributed by atoms with Gasteiger partial charge in [0.05, 0.1) is 26.0 Å². The zero-order valence-electron chi connectivity index (χ0n) is 17.2. The summed E-state index contributed by atoms with van der Waals surface area (Å²) in [5.74, 6) is 2.38. The summed E-state index contributed by atoms with van der Waals surface area (Å²) in [4.78, 5) is 4.26. The van der Waals surface area contributed by atoms with Crippen molar-refractivity contribution in [3.63, 3.8) is 0 Å². The van der Waals surface area contributed by atoms with Gasteiger partial charge in [-0.05, 0) is 50.5 Å². The van der Waals surface area contributed by atoms with E-state index in [2.05, 4.69) is 26.8 Å². The predicted octanol–water partition coefficient (Wildman–Crippen LogP) is 3.01. The Morgan fingerprint density at radius 1 is 1.11 bits per heavy atom. The first-order valence-corrected chi connectivity index (χ1v) is 9.48. The second kappa shape index (κ2) is 13.2. The average molecular weight is 501 g/mol. The highest BCUT2D eigenvalue weighted by atomic mass is 127. The largest absolute Gasteiger partial charge is 0.490 e. The van der Waals surface area contributed by atoms with Crippen molar-refractivity contribution >= 4 is 29.9 Å². The number of aromatic nitrogens is 2. The van der Waals surface area contributed by atoms with Crippen molar-refractivity contribution in [2.45, 2.75) is 33.7 Å². The van der Waals surface area contributed by atoms with E-state index in [1.807, 2.05) is 50.0 Å². The number of halogens is 1. The molecule has 0 bridgehead atoms. The maximum Gasteiger partial charge on any atom is 0.191 e. The number of guanidine groups is 1. The number of hydrogen-bond acceptors (Lipinski definition) is 4. The van der Waals surface area contributed by atoms with Crippen LogP contribution in [0, 0.1) is 6.92 Å². The van der Waals surface area contributed by atoms with Crippen LogP contribution < -0.4 is 20.1 Å². The topological polar surface area (TPSA) is 72.7 Å². The molecule has 0 fully saturated rings. The van der Waals surface area contributed by atoms with E-state index in [0.29, 0.717) is 13.2 Å². The van der Waals surface area contributed by atoms with E-state index >= 15 is 0 Å². The van der Waals surface area contributed by atoms with Crippen molar-refractivity contribution in [1.82, 2.24) is 20.4 Å². The van der Waals surface area contributed by atoms with Gasteiger partial charge in [0.2, 0.25) is 0 Å². The molecule has 0 atom stereocenters. The van der Waals surface area contributed by atoms with Crippen molar-refractivity contribution in [2.24, 2.45) is 4.99 Å². The molecule has 8 heteroatoms. The van der Waals surface area contributed by atoms with Crippen molar-refractivity contribution in [3.05, 3.63) is 41.7 Å². The lowest BCUT2D eigenvalue weighted by Crippen LogP contribution is -2.39. The third kappa shape index (κ3) is 7.95. The number of rotatable bonds is 10.